The lowest BCUT2D eigenvalue weighted by atomic mass is 9.81. The minimum absolute atomic E-state index is 0.0167. The molecule has 28 heavy (non-hydrogen) atoms. The summed E-state index contributed by atoms with van der Waals surface area (Å²) in [7, 11) is 1.67. The van der Waals surface area contributed by atoms with Crippen molar-refractivity contribution >= 4 is 5.97 Å². The van der Waals surface area contributed by atoms with Crippen LogP contribution >= 0.6 is 0 Å². The van der Waals surface area contributed by atoms with Crippen LogP contribution < -0.4 is 4.74 Å². The molecule has 2 aromatic carbocycles. The Morgan fingerprint density at radius 2 is 1.61 bits per heavy atom. The summed E-state index contributed by atoms with van der Waals surface area (Å²) in [6.07, 6.45) is 3.49. The van der Waals surface area contributed by atoms with E-state index in [2.05, 4.69) is 48.2 Å². The molecule has 2 aliphatic rings. The molecule has 0 saturated carbocycles. The Labute approximate surface area is 167 Å². The molecule has 2 fully saturated rings. The SMILES string of the molecule is COc1ccc([C@@H]2C(CN3CCCCC3)C(=O)O[C@@H]2c2ccc(C)cc2)cc1. The van der Waals surface area contributed by atoms with E-state index in [0.29, 0.717) is 0 Å². The highest BCUT2D eigenvalue weighted by atomic mass is 16.6. The first kappa shape index (κ1) is 19.0. The van der Waals surface area contributed by atoms with Crippen LogP contribution in [0.5, 0.6) is 5.75 Å². The average molecular weight is 380 g/mol. The minimum Gasteiger partial charge on any atom is -0.497 e. The monoisotopic (exact) mass is 379 g/mol. The molecule has 2 heterocycles. The molecular weight excluding hydrogens is 350 g/mol. The smallest absolute Gasteiger partial charge is 0.311 e. The van der Waals surface area contributed by atoms with Gasteiger partial charge in [0, 0.05) is 12.5 Å². The highest BCUT2D eigenvalue weighted by Gasteiger charge is 2.46. The van der Waals surface area contributed by atoms with Crippen LogP contribution in [0, 0.1) is 12.8 Å². The Morgan fingerprint density at radius 3 is 2.25 bits per heavy atom. The first-order valence-corrected chi connectivity index (χ1v) is 10.3. The van der Waals surface area contributed by atoms with Gasteiger partial charge >= 0.3 is 5.97 Å². The first-order valence-electron chi connectivity index (χ1n) is 10.3. The number of esters is 1. The molecule has 0 bridgehead atoms. The van der Waals surface area contributed by atoms with Crippen LogP contribution in [0.25, 0.3) is 0 Å². The van der Waals surface area contributed by atoms with E-state index in [1.807, 2.05) is 12.1 Å². The van der Waals surface area contributed by atoms with Crippen molar-refractivity contribution in [2.24, 2.45) is 5.92 Å². The normalized spacial score (nSPS) is 25.5. The number of rotatable bonds is 5. The third kappa shape index (κ3) is 3.93. The Balaban J connectivity index is 1.66. The summed E-state index contributed by atoms with van der Waals surface area (Å²) in [6, 6.07) is 16.5. The average Bonchev–Trinajstić information content (AvgIpc) is 3.05. The molecule has 0 N–H and O–H groups in total. The molecule has 0 aliphatic carbocycles. The molecule has 3 atom stereocenters. The zero-order valence-corrected chi connectivity index (χ0v) is 16.8. The van der Waals surface area contributed by atoms with Gasteiger partial charge in [-0.15, -0.1) is 0 Å². The van der Waals surface area contributed by atoms with Gasteiger partial charge < -0.3 is 14.4 Å². The number of carbonyl (C=O) groups is 1. The van der Waals surface area contributed by atoms with Crippen LogP contribution in [0.2, 0.25) is 0 Å². The van der Waals surface area contributed by atoms with E-state index < -0.39 is 0 Å². The summed E-state index contributed by atoms with van der Waals surface area (Å²) in [5.74, 6) is 0.631. The maximum atomic E-state index is 12.9. The molecule has 0 aromatic heterocycles. The molecular formula is C24H29NO3. The molecule has 0 amide bonds. The van der Waals surface area contributed by atoms with E-state index in [1.54, 1.807) is 7.11 Å². The molecule has 4 rings (SSSR count). The Morgan fingerprint density at radius 1 is 0.964 bits per heavy atom. The number of piperidine rings is 1. The number of aryl methyl sites for hydroxylation is 1. The van der Waals surface area contributed by atoms with Gasteiger partial charge in [-0.25, -0.2) is 0 Å². The highest BCUT2D eigenvalue weighted by Crippen LogP contribution is 2.46. The van der Waals surface area contributed by atoms with Crippen molar-refractivity contribution < 1.29 is 14.3 Å². The Hall–Kier alpha value is -2.33. The Bertz CT molecular complexity index is 794. The fourth-order valence-electron chi connectivity index (χ4n) is 4.52. The van der Waals surface area contributed by atoms with Crippen molar-refractivity contribution in [3.8, 4) is 5.75 Å². The second-order valence-electron chi connectivity index (χ2n) is 8.03. The van der Waals surface area contributed by atoms with Crippen molar-refractivity contribution in [1.29, 1.82) is 0 Å². The highest BCUT2D eigenvalue weighted by molar-refractivity contribution is 5.77. The van der Waals surface area contributed by atoms with Crippen LogP contribution in [-0.2, 0) is 9.53 Å². The predicted octanol–water partition coefficient (Wildman–Crippen LogP) is 4.49. The van der Waals surface area contributed by atoms with Gasteiger partial charge in [0.25, 0.3) is 0 Å². The van der Waals surface area contributed by atoms with Crippen LogP contribution in [0.1, 0.15) is 48.0 Å². The number of cyclic esters (lactones) is 1. The molecule has 148 valence electrons. The standard InChI is InChI=1S/C24H29NO3/c1-17-6-8-19(9-7-17)23-22(18-10-12-20(27-2)13-11-18)21(24(26)28-23)16-25-14-4-3-5-15-25/h6-13,21-23H,3-5,14-16H2,1-2H3/t21?,22-,23-/m1/s1. The number of carbonyl (C=O) groups excluding carboxylic acids is 1. The van der Waals surface area contributed by atoms with E-state index >= 15 is 0 Å². The number of nitrogens with zero attached hydrogens (tertiary/aromatic N) is 1. The van der Waals surface area contributed by atoms with Crippen LogP contribution in [0.3, 0.4) is 0 Å². The lowest BCUT2D eigenvalue weighted by Gasteiger charge is -2.30. The molecule has 0 radical (unpaired) electrons. The van der Waals surface area contributed by atoms with Gasteiger partial charge in [0.05, 0.1) is 13.0 Å². The van der Waals surface area contributed by atoms with Crippen LogP contribution in [0.15, 0.2) is 48.5 Å². The van der Waals surface area contributed by atoms with Crippen LogP contribution in [0.4, 0.5) is 0 Å². The maximum Gasteiger partial charge on any atom is 0.311 e. The second kappa shape index (κ2) is 8.36. The minimum atomic E-state index is -0.240. The molecule has 4 heteroatoms. The summed E-state index contributed by atoms with van der Waals surface area (Å²) in [5, 5.41) is 0. The van der Waals surface area contributed by atoms with Gasteiger partial charge in [-0.2, -0.15) is 0 Å². The summed E-state index contributed by atoms with van der Waals surface area (Å²) < 4.78 is 11.3. The third-order valence-corrected chi connectivity index (χ3v) is 6.12. The molecule has 4 nitrogen and oxygen atoms in total. The molecule has 2 saturated heterocycles. The van der Waals surface area contributed by atoms with Gasteiger partial charge in [0.15, 0.2) is 0 Å². The quantitative estimate of drug-likeness (QED) is 0.718. The van der Waals surface area contributed by atoms with Crippen molar-refractivity contribution in [3.63, 3.8) is 0 Å². The number of hydrogen-bond donors (Lipinski definition) is 0. The number of benzene rings is 2. The molecule has 2 aromatic rings. The van der Waals surface area contributed by atoms with E-state index in [1.165, 1.54) is 24.8 Å². The fraction of sp³-hybridized carbons (Fsp3) is 0.458. The number of likely N-dealkylation sites (tertiary alicyclic amines) is 1. The van der Waals surface area contributed by atoms with Gasteiger partial charge in [-0.05, 0) is 56.1 Å². The largest absolute Gasteiger partial charge is 0.497 e. The molecule has 1 unspecified atom stereocenters. The predicted molar refractivity (Wildman–Crippen MR) is 110 cm³/mol. The zero-order valence-electron chi connectivity index (χ0n) is 16.8. The van der Waals surface area contributed by atoms with Crippen molar-refractivity contribution in [1.82, 2.24) is 4.90 Å². The summed E-state index contributed by atoms with van der Waals surface area (Å²) in [6.45, 7) is 5.01. The van der Waals surface area contributed by atoms with E-state index in [4.69, 9.17) is 9.47 Å². The third-order valence-electron chi connectivity index (χ3n) is 6.12. The first-order chi connectivity index (χ1) is 13.7. The molecule has 2 aliphatic heterocycles. The fourth-order valence-corrected chi connectivity index (χ4v) is 4.52. The van der Waals surface area contributed by atoms with Gasteiger partial charge in [0.1, 0.15) is 11.9 Å². The van der Waals surface area contributed by atoms with Gasteiger partial charge in [-0.3, -0.25) is 4.79 Å². The summed E-state index contributed by atoms with van der Waals surface area (Å²) in [4.78, 5) is 15.4. The molecule has 0 spiro atoms. The summed E-state index contributed by atoms with van der Waals surface area (Å²) >= 11 is 0. The number of methoxy groups -OCH3 is 1. The zero-order chi connectivity index (χ0) is 19.5. The second-order valence-corrected chi connectivity index (χ2v) is 8.03. The van der Waals surface area contributed by atoms with Gasteiger partial charge in [0.2, 0.25) is 0 Å². The van der Waals surface area contributed by atoms with Crippen molar-refractivity contribution in [3.05, 3.63) is 65.2 Å². The van der Waals surface area contributed by atoms with Crippen molar-refractivity contribution in [2.45, 2.75) is 38.2 Å². The van der Waals surface area contributed by atoms with E-state index in [-0.39, 0.29) is 23.9 Å². The number of hydrogen-bond acceptors (Lipinski definition) is 4. The lowest BCUT2D eigenvalue weighted by Crippen LogP contribution is -2.37. The maximum absolute atomic E-state index is 12.9. The summed E-state index contributed by atoms with van der Waals surface area (Å²) in [5.41, 5.74) is 3.42. The topological polar surface area (TPSA) is 38.8 Å². The van der Waals surface area contributed by atoms with E-state index in [9.17, 15) is 4.79 Å². The van der Waals surface area contributed by atoms with Crippen LogP contribution in [-0.4, -0.2) is 37.6 Å². The van der Waals surface area contributed by atoms with Gasteiger partial charge in [-0.1, -0.05) is 48.4 Å². The van der Waals surface area contributed by atoms with Crippen molar-refractivity contribution in [2.75, 3.05) is 26.7 Å². The van der Waals surface area contributed by atoms with E-state index in [0.717, 1.165) is 36.5 Å². The number of ether oxygens (including phenoxy) is 2. The Kier molecular flexibility index (Phi) is 5.67. The lowest BCUT2D eigenvalue weighted by molar-refractivity contribution is -0.145.